The van der Waals surface area contributed by atoms with Gasteiger partial charge >= 0.3 is 11.7 Å². The van der Waals surface area contributed by atoms with Gasteiger partial charge in [0.15, 0.2) is 0 Å². The number of H-pyrrole nitrogens is 1. The van der Waals surface area contributed by atoms with Gasteiger partial charge in [-0.05, 0) is 30.7 Å². The van der Waals surface area contributed by atoms with E-state index in [0.717, 1.165) is 12.1 Å². The molecule has 108 valence electrons. The SMILES string of the molecule is Cc1[nH]c2ccc(S(=O)(=O)C(F)F)cc2c1CC(=O)O. The molecule has 2 N–H and O–H groups in total. The Morgan fingerprint density at radius 3 is 2.60 bits per heavy atom. The van der Waals surface area contributed by atoms with Crippen LogP contribution in [0.15, 0.2) is 23.1 Å². The van der Waals surface area contributed by atoms with E-state index >= 15 is 0 Å². The molecule has 0 radical (unpaired) electrons. The second-order valence-electron chi connectivity index (χ2n) is 4.31. The number of fused-ring (bicyclic) bond motifs is 1. The fourth-order valence-electron chi connectivity index (χ4n) is 2.02. The largest absolute Gasteiger partial charge is 0.481 e. The zero-order valence-electron chi connectivity index (χ0n) is 10.4. The first-order valence-electron chi connectivity index (χ1n) is 5.58. The molecular weight excluding hydrogens is 292 g/mol. The number of benzene rings is 1. The van der Waals surface area contributed by atoms with Crippen molar-refractivity contribution in [3.05, 3.63) is 29.5 Å². The number of alkyl halides is 2. The number of carbonyl (C=O) groups is 1. The number of rotatable bonds is 4. The van der Waals surface area contributed by atoms with Crippen molar-refractivity contribution in [3.63, 3.8) is 0 Å². The molecule has 0 aliphatic rings. The van der Waals surface area contributed by atoms with Crippen molar-refractivity contribution in [2.45, 2.75) is 24.0 Å². The summed E-state index contributed by atoms with van der Waals surface area (Å²) in [6, 6.07) is 3.51. The van der Waals surface area contributed by atoms with Gasteiger partial charge in [0.1, 0.15) is 0 Å². The monoisotopic (exact) mass is 303 g/mol. The Bertz CT molecular complexity index is 780. The summed E-state index contributed by atoms with van der Waals surface area (Å²) in [4.78, 5) is 13.2. The van der Waals surface area contributed by atoms with Crippen LogP contribution in [-0.2, 0) is 21.1 Å². The van der Waals surface area contributed by atoms with Gasteiger partial charge in [0.25, 0.3) is 0 Å². The Labute approximate surface area is 113 Å². The van der Waals surface area contributed by atoms with E-state index in [0.29, 0.717) is 22.2 Å². The number of aliphatic carboxylic acids is 1. The second kappa shape index (κ2) is 4.86. The fraction of sp³-hybridized carbons (Fsp3) is 0.250. The van der Waals surface area contributed by atoms with Crippen LogP contribution in [0.25, 0.3) is 10.9 Å². The van der Waals surface area contributed by atoms with Crippen molar-refractivity contribution in [2.75, 3.05) is 0 Å². The third-order valence-electron chi connectivity index (χ3n) is 2.98. The van der Waals surface area contributed by atoms with Gasteiger partial charge in [-0.25, -0.2) is 8.42 Å². The maximum absolute atomic E-state index is 12.5. The molecule has 0 saturated heterocycles. The van der Waals surface area contributed by atoms with E-state index in [4.69, 9.17) is 5.11 Å². The average Bonchev–Trinajstić information content (AvgIpc) is 2.64. The number of hydrogen-bond donors (Lipinski definition) is 2. The molecule has 1 aromatic heterocycles. The molecule has 0 spiro atoms. The number of aryl methyl sites for hydroxylation is 1. The lowest BCUT2D eigenvalue weighted by molar-refractivity contribution is -0.136. The van der Waals surface area contributed by atoms with E-state index in [9.17, 15) is 22.0 Å². The average molecular weight is 303 g/mol. The van der Waals surface area contributed by atoms with E-state index < -0.39 is 26.5 Å². The first kappa shape index (κ1) is 14.4. The summed E-state index contributed by atoms with van der Waals surface area (Å²) < 4.78 is 47.9. The van der Waals surface area contributed by atoms with E-state index in [2.05, 4.69) is 4.98 Å². The van der Waals surface area contributed by atoms with E-state index in [-0.39, 0.29) is 6.42 Å². The quantitative estimate of drug-likeness (QED) is 0.905. The summed E-state index contributed by atoms with van der Waals surface area (Å²) in [5.41, 5.74) is 1.46. The highest BCUT2D eigenvalue weighted by Crippen LogP contribution is 2.27. The molecule has 0 amide bonds. The van der Waals surface area contributed by atoms with Crippen LogP contribution in [-0.4, -0.2) is 30.2 Å². The molecule has 8 heteroatoms. The molecule has 0 aliphatic heterocycles. The van der Waals surface area contributed by atoms with Gasteiger partial charge in [0.2, 0.25) is 9.84 Å². The molecule has 0 atom stereocenters. The molecule has 2 rings (SSSR count). The zero-order chi connectivity index (χ0) is 15.1. The first-order valence-corrected chi connectivity index (χ1v) is 7.13. The smallest absolute Gasteiger partial charge is 0.341 e. The Balaban J connectivity index is 2.67. The maximum atomic E-state index is 12.5. The number of hydrogen-bond acceptors (Lipinski definition) is 3. The van der Waals surface area contributed by atoms with E-state index in [1.807, 2.05) is 0 Å². The number of carboxylic acids is 1. The van der Waals surface area contributed by atoms with E-state index in [1.54, 1.807) is 6.92 Å². The molecular formula is C12H11F2NO4S. The molecule has 0 unspecified atom stereocenters. The van der Waals surface area contributed by atoms with Crippen molar-refractivity contribution in [1.82, 2.24) is 4.98 Å². The normalized spacial score (nSPS) is 12.2. The van der Waals surface area contributed by atoms with Crippen LogP contribution in [0, 0.1) is 6.92 Å². The minimum atomic E-state index is -4.70. The molecule has 5 nitrogen and oxygen atoms in total. The van der Waals surface area contributed by atoms with Crippen molar-refractivity contribution in [2.24, 2.45) is 0 Å². The standard InChI is InChI=1S/C12H11F2NO4S/c1-6-8(5-11(16)17)9-4-7(2-3-10(9)15-6)20(18,19)12(13)14/h2-4,12,15H,5H2,1H3,(H,16,17). The van der Waals surface area contributed by atoms with Crippen molar-refractivity contribution < 1.29 is 27.1 Å². The fourth-order valence-corrected chi connectivity index (χ4v) is 2.77. The van der Waals surface area contributed by atoms with Gasteiger partial charge in [0, 0.05) is 16.6 Å². The molecule has 0 saturated carbocycles. The van der Waals surface area contributed by atoms with Gasteiger partial charge < -0.3 is 10.1 Å². The van der Waals surface area contributed by atoms with Gasteiger partial charge in [-0.3, -0.25) is 4.79 Å². The third-order valence-corrected chi connectivity index (χ3v) is 4.36. The summed E-state index contributed by atoms with van der Waals surface area (Å²) in [7, 11) is -4.70. The van der Waals surface area contributed by atoms with Crippen molar-refractivity contribution >= 4 is 26.7 Å². The molecule has 0 bridgehead atoms. The van der Waals surface area contributed by atoms with Gasteiger partial charge in [-0.1, -0.05) is 0 Å². The molecule has 0 fully saturated rings. The maximum Gasteiger partial charge on any atom is 0.341 e. The second-order valence-corrected chi connectivity index (χ2v) is 6.23. The Morgan fingerprint density at radius 2 is 2.05 bits per heavy atom. The topological polar surface area (TPSA) is 87.2 Å². The van der Waals surface area contributed by atoms with Crippen LogP contribution in [0.3, 0.4) is 0 Å². The number of aromatic nitrogens is 1. The van der Waals surface area contributed by atoms with Crippen LogP contribution >= 0.6 is 0 Å². The van der Waals surface area contributed by atoms with Crippen LogP contribution in [0.4, 0.5) is 8.78 Å². The Kier molecular flexibility index (Phi) is 3.51. The van der Waals surface area contributed by atoms with Crippen LogP contribution < -0.4 is 0 Å². The molecule has 1 heterocycles. The van der Waals surface area contributed by atoms with Crippen LogP contribution in [0.1, 0.15) is 11.3 Å². The summed E-state index contributed by atoms with van der Waals surface area (Å²) >= 11 is 0. The predicted octanol–water partition coefficient (Wildman–Crippen LogP) is 2.10. The lowest BCUT2D eigenvalue weighted by Gasteiger charge is -2.04. The minimum absolute atomic E-state index is 0.315. The van der Waals surface area contributed by atoms with E-state index in [1.165, 1.54) is 6.07 Å². The summed E-state index contributed by atoms with van der Waals surface area (Å²) in [6.45, 7) is 1.64. The summed E-state index contributed by atoms with van der Waals surface area (Å²) in [5.74, 6) is -4.60. The molecule has 0 aliphatic carbocycles. The molecule has 1 aromatic carbocycles. The highest BCUT2D eigenvalue weighted by Gasteiger charge is 2.27. The highest BCUT2D eigenvalue weighted by atomic mass is 32.2. The minimum Gasteiger partial charge on any atom is -0.481 e. The van der Waals surface area contributed by atoms with Gasteiger partial charge in [-0.2, -0.15) is 8.78 Å². The highest BCUT2D eigenvalue weighted by molar-refractivity contribution is 7.91. The Morgan fingerprint density at radius 1 is 1.40 bits per heavy atom. The number of halogens is 2. The third kappa shape index (κ3) is 2.38. The Hall–Kier alpha value is -1.96. The van der Waals surface area contributed by atoms with Gasteiger partial charge in [-0.15, -0.1) is 0 Å². The molecule has 20 heavy (non-hydrogen) atoms. The van der Waals surface area contributed by atoms with Crippen molar-refractivity contribution in [1.29, 1.82) is 0 Å². The summed E-state index contributed by atoms with van der Waals surface area (Å²) in [5, 5.41) is 9.16. The number of aromatic amines is 1. The molecule has 2 aromatic rings. The van der Waals surface area contributed by atoms with Crippen molar-refractivity contribution in [3.8, 4) is 0 Å². The van der Waals surface area contributed by atoms with Gasteiger partial charge in [0.05, 0.1) is 11.3 Å². The number of sulfone groups is 1. The lowest BCUT2D eigenvalue weighted by atomic mass is 10.1. The number of carboxylic acid groups (broad SMARTS) is 1. The van der Waals surface area contributed by atoms with Crippen LogP contribution in [0.5, 0.6) is 0 Å². The lowest BCUT2D eigenvalue weighted by Crippen LogP contribution is -2.11. The zero-order valence-corrected chi connectivity index (χ0v) is 11.2. The first-order chi connectivity index (χ1) is 9.23. The number of nitrogens with one attached hydrogen (secondary N) is 1. The predicted molar refractivity (Wildman–Crippen MR) is 67.6 cm³/mol. The van der Waals surface area contributed by atoms with Crippen LogP contribution in [0.2, 0.25) is 0 Å². The summed E-state index contributed by atoms with van der Waals surface area (Å²) in [6.07, 6.45) is -0.315.